The maximum atomic E-state index is 11.8. The van der Waals surface area contributed by atoms with Crippen molar-refractivity contribution in [1.82, 2.24) is 14.5 Å². The fraction of sp³-hybridized carbons (Fsp3) is 0.714. The minimum absolute atomic E-state index is 0.196. The number of rotatable bonds is 7. The molecule has 0 aromatic carbocycles. The minimum atomic E-state index is -0.551. The zero-order valence-corrected chi connectivity index (χ0v) is 12.8. The standard InChI is InChI=1S/C14H25N3O3/c1-5-7-11-12(18)15-14(20)17(13(11)19)9-8-16(4)10(3)6-2/h10,19H,5-9H2,1-4H3,(H,15,18,20). The molecule has 0 aliphatic heterocycles. The Bertz CT molecular complexity index is 548. The second-order valence-corrected chi connectivity index (χ2v) is 5.20. The third-order valence-corrected chi connectivity index (χ3v) is 3.78. The molecule has 0 saturated carbocycles. The lowest BCUT2D eigenvalue weighted by Crippen LogP contribution is -2.37. The van der Waals surface area contributed by atoms with Crippen LogP contribution >= 0.6 is 0 Å². The molecule has 1 rings (SSSR count). The Balaban J connectivity index is 2.98. The molecule has 0 saturated heterocycles. The molecule has 0 aliphatic rings. The van der Waals surface area contributed by atoms with E-state index in [0.717, 1.165) is 12.8 Å². The van der Waals surface area contributed by atoms with Crippen molar-refractivity contribution in [2.75, 3.05) is 13.6 Å². The van der Waals surface area contributed by atoms with Crippen LogP contribution in [0.1, 0.15) is 39.2 Å². The molecule has 0 radical (unpaired) electrons. The van der Waals surface area contributed by atoms with Crippen molar-refractivity contribution in [1.29, 1.82) is 0 Å². The van der Waals surface area contributed by atoms with Gasteiger partial charge in [-0.1, -0.05) is 20.3 Å². The molecule has 114 valence electrons. The van der Waals surface area contributed by atoms with Gasteiger partial charge in [-0.05, 0) is 26.8 Å². The third kappa shape index (κ3) is 3.72. The summed E-state index contributed by atoms with van der Waals surface area (Å²) in [5.74, 6) is -0.196. The molecule has 6 nitrogen and oxygen atoms in total. The molecular formula is C14H25N3O3. The van der Waals surface area contributed by atoms with E-state index in [4.69, 9.17) is 0 Å². The second-order valence-electron chi connectivity index (χ2n) is 5.20. The monoisotopic (exact) mass is 283 g/mol. The zero-order chi connectivity index (χ0) is 15.3. The number of likely N-dealkylation sites (N-methyl/N-ethyl adjacent to an activating group) is 1. The summed E-state index contributed by atoms with van der Waals surface area (Å²) < 4.78 is 1.24. The van der Waals surface area contributed by atoms with Gasteiger partial charge in [-0.15, -0.1) is 0 Å². The van der Waals surface area contributed by atoms with E-state index < -0.39 is 11.2 Å². The molecular weight excluding hydrogens is 258 g/mol. The first-order valence-corrected chi connectivity index (χ1v) is 7.17. The summed E-state index contributed by atoms with van der Waals surface area (Å²) in [5, 5.41) is 10.1. The van der Waals surface area contributed by atoms with Crippen molar-refractivity contribution in [2.45, 2.75) is 52.6 Å². The number of aromatic amines is 1. The Hall–Kier alpha value is -1.56. The zero-order valence-electron chi connectivity index (χ0n) is 12.8. The molecule has 0 amide bonds. The van der Waals surface area contributed by atoms with Crippen molar-refractivity contribution >= 4 is 0 Å². The topological polar surface area (TPSA) is 78.3 Å². The highest BCUT2D eigenvalue weighted by molar-refractivity contribution is 5.22. The molecule has 0 spiro atoms. The van der Waals surface area contributed by atoms with Gasteiger partial charge >= 0.3 is 5.69 Å². The summed E-state index contributed by atoms with van der Waals surface area (Å²) in [6, 6.07) is 0.408. The first-order valence-electron chi connectivity index (χ1n) is 7.17. The van der Waals surface area contributed by atoms with Crippen LogP contribution in [-0.2, 0) is 13.0 Å². The van der Waals surface area contributed by atoms with Gasteiger partial charge in [0.25, 0.3) is 5.56 Å². The number of nitrogens with one attached hydrogen (secondary N) is 1. The van der Waals surface area contributed by atoms with Crippen LogP contribution in [0.5, 0.6) is 5.88 Å². The van der Waals surface area contributed by atoms with E-state index in [1.54, 1.807) is 0 Å². The quantitative estimate of drug-likeness (QED) is 0.780. The van der Waals surface area contributed by atoms with Crippen molar-refractivity contribution in [3.63, 3.8) is 0 Å². The van der Waals surface area contributed by atoms with Crippen LogP contribution in [0, 0.1) is 0 Å². The maximum absolute atomic E-state index is 11.8. The molecule has 0 aliphatic carbocycles. The molecule has 1 aromatic heterocycles. The second kappa shape index (κ2) is 7.28. The number of H-pyrrole nitrogens is 1. The van der Waals surface area contributed by atoms with Crippen LogP contribution in [-0.4, -0.2) is 39.2 Å². The average Bonchev–Trinajstić information content (AvgIpc) is 2.41. The summed E-state index contributed by atoms with van der Waals surface area (Å²) in [6.07, 6.45) is 2.22. The highest BCUT2D eigenvalue weighted by Gasteiger charge is 2.14. The summed E-state index contributed by atoms with van der Waals surface area (Å²) in [5.41, 5.74) is -0.746. The van der Waals surface area contributed by atoms with Crippen LogP contribution in [0.2, 0.25) is 0 Å². The van der Waals surface area contributed by atoms with Crippen LogP contribution < -0.4 is 11.2 Å². The SMILES string of the molecule is CCCc1c(O)n(CCN(C)C(C)CC)c(=O)[nH]c1=O. The first-order chi connectivity index (χ1) is 9.42. The molecule has 1 heterocycles. The van der Waals surface area contributed by atoms with Gasteiger partial charge in [-0.3, -0.25) is 14.3 Å². The average molecular weight is 283 g/mol. The Morgan fingerprint density at radius 1 is 1.35 bits per heavy atom. The summed E-state index contributed by atoms with van der Waals surface area (Å²) >= 11 is 0. The highest BCUT2D eigenvalue weighted by Crippen LogP contribution is 2.12. The number of aromatic nitrogens is 2. The molecule has 0 fully saturated rings. The van der Waals surface area contributed by atoms with Crippen LogP contribution in [0.15, 0.2) is 9.59 Å². The van der Waals surface area contributed by atoms with Crippen LogP contribution in [0.4, 0.5) is 0 Å². The molecule has 1 unspecified atom stereocenters. The molecule has 6 heteroatoms. The van der Waals surface area contributed by atoms with Crippen molar-refractivity contribution < 1.29 is 5.11 Å². The van der Waals surface area contributed by atoms with Gasteiger partial charge in [0.15, 0.2) is 0 Å². The Morgan fingerprint density at radius 2 is 2.00 bits per heavy atom. The minimum Gasteiger partial charge on any atom is -0.494 e. The predicted molar refractivity (Wildman–Crippen MR) is 79.4 cm³/mol. The van der Waals surface area contributed by atoms with E-state index in [2.05, 4.69) is 23.7 Å². The lowest BCUT2D eigenvalue weighted by molar-refractivity contribution is 0.235. The van der Waals surface area contributed by atoms with Gasteiger partial charge in [0, 0.05) is 19.1 Å². The number of nitrogens with zero attached hydrogens (tertiary/aromatic N) is 2. The number of hydrogen-bond acceptors (Lipinski definition) is 4. The highest BCUT2D eigenvalue weighted by atomic mass is 16.3. The maximum Gasteiger partial charge on any atom is 0.331 e. The predicted octanol–water partition coefficient (Wildman–Crippen LogP) is 0.925. The molecule has 0 bridgehead atoms. The Morgan fingerprint density at radius 3 is 2.55 bits per heavy atom. The van der Waals surface area contributed by atoms with Gasteiger partial charge in [-0.25, -0.2) is 4.79 Å². The lowest BCUT2D eigenvalue weighted by Gasteiger charge is -2.24. The number of aromatic hydroxyl groups is 1. The van der Waals surface area contributed by atoms with Gasteiger partial charge in [0.1, 0.15) is 0 Å². The first kappa shape index (κ1) is 16.5. The fourth-order valence-corrected chi connectivity index (χ4v) is 2.07. The normalized spacial score (nSPS) is 12.8. The van der Waals surface area contributed by atoms with Gasteiger partial charge in [0.2, 0.25) is 5.88 Å². The number of hydrogen-bond donors (Lipinski definition) is 2. The summed E-state index contributed by atoms with van der Waals surface area (Å²) in [7, 11) is 1.98. The molecule has 20 heavy (non-hydrogen) atoms. The van der Waals surface area contributed by atoms with E-state index in [1.807, 2.05) is 14.0 Å². The van der Waals surface area contributed by atoms with E-state index in [9.17, 15) is 14.7 Å². The van der Waals surface area contributed by atoms with Crippen molar-refractivity contribution in [2.24, 2.45) is 0 Å². The van der Waals surface area contributed by atoms with E-state index in [0.29, 0.717) is 31.1 Å². The third-order valence-electron chi connectivity index (χ3n) is 3.78. The van der Waals surface area contributed by atoms with E-state index >= 15 is 0 Å². The molecule has 2 N–H and O–H groups in total. The van der Waals surface area contributed by atoms with Crippen molar-refractivity contribution in [3.8, 4) is 5.88 Å². The smallest absolute Gasteiger partial charge is 0.331 e. The van der Waals surface area contributed by atoms with Crippen LogP contribution in [0.25, 0.3) is 0 Å². The molecule has 1 atom stereocenters. The van der Waals surface area contributed by atoms with E-state index in [1.165, 1.54) is 4.57 Å². The molecule has 1 aromatic rings. The lowest BCUT2D eigenvalue weighted by atomic mass is 10.2. The Kier molecular flexibility index (Phi) is 6.01. The summed E-state index contributed by atoms with van der Waals surface area (Å²) in [6.45, 7) is 7.13. The largest absolute Gasteiger partial charge is 0.494 e. The van der Waals surface area contributed by atoms with Gasteiger partial charge < -0.3 is 10.0 Å². The van der Waals surface area contributed by atoms with Crippen LogP contribution in [0.3, 0.4) is 0 Å². The Labute approximate surface area is 119 Å². The summed E-state index contributed by atoms with van der Waals surface area (Å²) in [4.78, 5) is 27.8. The van der Waals surface area contributed by atoms with Gasteiger partial charge in [-0.2, -0.15) is 0 Å². The van der Waals surface area contributed by atoms with Crippen molar-refractivity contribution in [3.05, 3.63) is 26.4 Å². The van der Waals surface area contributed by atoms with E-state index in [-0.39, 0.29) is 5.88 Å². The fourth-order valence-electron chi connectivity index (χ4n) is 2.07. The van der Waals surface area contributed by atoms with Gasteiger partial charge in [0.05, 0.1) is 5.56 Å².